The highest BCUT2D eigenvalue weighted by atomic mass is 16.7. The molecule has 1 heterocycles. The first-order valence-electron chi connectivity index (χ1n) is 11.7. The second kappa shape index (κ2) is 16.4. The zero-order chi connectivity index (χ0) is 19.7. The molecule has 1 saturated heterocycles. The maximum absolute atomic E-state index is 10.7. The normalized spacial score (nSPS) is 22.8. The lowest BCUT2D eigenvalue weighted by Crippen LogP contribution is -2.38. The number of carboxylic acids is 1. The molecule has 4 heteroatoms. The van der Waals surface area contributed by atoms with Gasteiger partial charge in [0.25, 0.3) is 0 Å². The Morgan fingerprint density at radius 3 is 1.70 bits per heavy atom. The molecule has 1 aliphatic rings. The van der Waals surface area contributed by atoms with E-state index in [-0.39, 0.29) is 12.7 Å². The maximum atomic E-state index is 10.7. The van der Waals surface area contributed by atoms with Crippen LogP contribution >= 0.6 is 0 Å². The number of carbonyl (C=O) groups is 1. The summed E-state index contributed by atoms with van der Waals surface area (Å²) < 4.78 is 12.4. The Hall–Kier alpha value is -0.610. The largest absolute Gasteiger partial charge is 0.481 e. The number of rotatable bonds is 17. The molecular weight excluding hydrogens is 340 g/mol. The van der Waals surface area contributed by atoms with E-state index in [0.29, 0.717) is 18.6 Å². The highest BCUT2D eigenvalue weighted by Crippen LogP contribution is 2.28. The van der Waals surface area contributed by atoms with Gasteiger partial charge in [0.2, 0.25) is 0 Å². The van der Waals surface area contributed by atoms with Gasteiger partial charge in [0.05, 0.1) is 12.2 Å². The maximum Gasteiger partial charge on any atom is 0.303 e. The van der Waals surface area contributed by atoms with Crippen molar-refractivity contribution < 1.29 is 19.4 Å². The van der Waals surface area contributed by atoms with Crippen molar-refractivity contribution in [3.63, 3.8) is 0 Å². The molecule has 1 rings (SSSR count). The van der Waals surface area contributed by atoms with Crippen molar-refractivity contribution in [2.75, 3.05) is 0 Å². The summed E-state index contributed by atoms with van der Waals surface area (Å²) in [5.74, 6) is -0.713. The second-order valence-corrected chi connectivity index (χ2v) is 8.23. The van der Waals surface area contributed by atoms with Crippen LogP contribution in [0.5, 0.6) is 0 Å². The molecule has 0 spiro atoms. The predicted octanol–water partition coefficient (Wildman–Crippen LogP) is 6.85. The van der Waals surface area contributed by atoms with Crippen molar-refractivity contribution in [1.29, 1.82) is 0 Å². The Labute approximate surface area is 167 Å². The van der Waals surface area contributed by atoms with Gasteiger partial charge in [0, 0.05) is 6.42 Å². The molecule has 0 bridgehead atoms. The predicted molar refractivity (Wildman–Crippen MR) is 111 cm³/mol. The van der Waals surface area contributed by atoms with Gasteiger partial charge in [-0.1, -0.05) is 78.1 Å². The highest BCUT2D eigenvalue weighted by molar-refractivity contribution is 5.66. The molecule has 1 fully saturated rings. The number of ether oxygens (including phenoxy) is 2. The Bertz CT molecular complexity index is 336. The van der Waals surface area contributed by atoms with E-state index >= 15 is 0 Å². The molecule has 1 N–H and O–H groups in total. The van der Waals surface area contributed by atoms with Gasteiger partial charge in [-0.3, -0.25) is 4.79 Å². The van der Waals surface area contributed by atoms with Gasteiger partial charge >= 0.3 is 5.97 Å². The lowest BCUT2D eigenvalue weighted by atomic mass is 9.98. The molecule has 0 aromatic rings. The lowest BCUT2D eigenvalue weighted by Gasteiger charge is -2.36. The van der Waals surface area contributed by atoms with Crippen LogP contribution in [0.15, 0.2) is 0 Å². The third-order valence-electron chi connectivity index (χ3n) is 5.55. The van der Waals surface area contributed by atoms with Crippen molar-refractivity contribution >= 4 is 5.97 Å². The molecule has 27 heavy (non-hydrogen) atoms. The monoisotopic (exact) mass is 384 g/mol. The van der Waals surface area contributed by atoms with Crippen molar-refractivity contribution in [2.24, 2.45) is 0 Å². The molecule has 1 unspecified atom stereocenters. The average molecular weight is 385 g/mol. The zero-order valence-corrected chi connectivity index (χ0v) is 17.9. The summed E-state index contributed by atoms with van der Waals surface area (Å²) in [4.78, 5) is 10.7. The molecule has 0 saturated carbocycles. The number of unbranched alkanes of at least 4 members (excludes halogenated alkanes) is 9. The third kappa shape index (κ3) is 13.2. The van der Waals surface area contributed by atoms with Crippen LogP contribution in [-0.4, -0.2) is 29.6 Å². The SMILES string of the molecule is CCCCCCC[C@@H]1C[C@H](CCCCCCC)OC(CCCCC(=O)O)O1. The van der Waals surface area contributed by atoms with Crippen molar-refractivity contribution in [3.8, 4) is 0 Å². The molecule has 4 nitrogen and oxygen atoms in total. The first kappa shape index (κ1) is 24.4. The molecule has 1 aliphatic heterocycles. The fraction of sp³-hybridized carbons (Fsp3) is 0.957. The van der Waals surface area contributed by atoms with E-state index in [4.69, 9.17) is 14.6 Å². The standard InChI is InChI=1S/C23H44O4/c1-3-5-7-9-11-15-20-19-21(16-12-10-8-6-4-2)27-23(26-20)18-14-13-17-22(24)25/h20-21,23H,3-19H2,1-2H3,(H,24,25)/t20-,21+,23?. The zero-order valence-electron chi connectivity index (χ0n) is 17.9. The van der Waals surface area contributed by atoms with E-state index in [1.54, 1.807) is 0 Å². The first-order valence-corrected chi connectivity index (χ1v) is 11.7. The van der Waals surface area contributed by atoms with Crippen LogP contribution in [0.2, 0.25) is 0 Å². The first-order chi connectivity index (χ1) is 13.2. The topological polar surface area (TPSA) is 55.8 Å². The van der Waals surface area contributed by atoms with Crippen LogP contribution in [0, 0.1) is 0 Å². The molecule has 0 radical (unpaired) electrons. The van der Waals surface area contributed by atoms with Crippen LogP contribution in [0.25, 0.3) is 0 Å². The van der Waals surface area contributed by atoms with Crippen LogP contribution in [0.1, 0.15) is 123 Å². The van der Waals surface area contributed by atoms with Crippen molar-refractivity contribution in [2.45, 2.75) is 141 Å². The molecule has 0 aromatic carbocycles. The number of hydrogen-bond donors (Lipinski definition) is 1. The van der Waals surface area contributed by atoms with E-state index in [9.17, 15) is 4.79 Å². The van der Waals surface area contributed by atoms with Crippen LogP contribution < -0.4 is 0 Å². The minimum atomic E-state index is -0.713. The van der Waals surface area contributed by atoms with E-state index in [1.165, 1.54) is 64.2 Å². The summed E-state index contributed by atoms with van der Waals surface area (Å²) in [5.41, 5.74) is 0. The van der Waals surface area contributed by atoms with Gasteiger partial charge in [-0.25, -0.2) is 0 Å². The molecular formula is C23H44O4. The Balaban J connectivity index is 2.34. The van der Waals surface area contributed by atoms with Gasteiger partial charge in [0.15, 0.2) is 6.29 Å². The van der Waals surface area contributed by atoms with Crippen molar-refractivity contribution in [3.05, 3.63) is 0 Å². The fourth-order valence-electron chi connectivity index (χ4n) is 3.91. The quantitative estimate of drug-likeness (QED) is 0.278. The van der Waals surface area contributed by atoms with Crippen LogP contribution in [0.4, 0.5) is 0 Å². The number of carboxylic acid groups (broad SMARTS) is 1. The Morgan fingerprint density at radius 2 is 1.22 bits per heavy atom. The van der Waals surface area contributed by atoms with Gasteiger partial charge in [-0.15, -0.1) is 0 Å². The summed E-state index contributed by atoms with van der Waals surface area (Å²) in [5, 5.41) is 8.79. The molecule has 0 aliphatic carbocycles. The summed E-state index contributed by atoms with van der Waals surface area (Å²) in [6.07, 6.45) is 19.5. The Kier molecular flexibility index (Phi) is 14.8. The van der Waals surface area contributed by atoms with E-state index in [1.807, 2.05) is 0 Å². The third-order valence-corrected chi connectivity index (χ3v) is 5.55. The molecule has 0 amide bonds. The van der Waals surface area contributed by atoms with Crippen LogP contribution in [0.3, 0.4) is 0 Å². The minimum Gasteiger partial charge on any atom is -0.481 e. The highest BCUT2D eigenvalue weighted by Gasteiger charge is 2.29. The average Bonchev–Trinajstić information content (AvgIpc) is 2.65. The number of hydrogen-bond acceptors (Lipinski definition) is 3. The molecule has 3 atom stereocenters. The lowest BCUT2D eigenvalue weighted by molar-refractivity contribution is -0.247. The van der Waals surface area contributed by atoms with Gasteiger partial charge in [-0.2, -0.15) is 0 Å². The number of aliphatic carboxylic acids is 1. The van der Waals surface area contributed by atoms with E-state index in [0.717, 1.165) is 32.1 Å². The summed E-state index contributed by atoms with van der Waals surface area (Å²) in [6.45, 7) is 4.50. The molecule has 0 aromatic heterocycles. The smallest absolute Gasteiger partial charge is 0.303 e. The fourth-order valence-corrected chi connectivity index (χ4v) is 3.91. The van der Waals surface area contributed by atoms with Gasteiger partial charge in [-0.05, 0) is 38.5 Å². The van der Waals surface area contributed by atoms with E-state index < -0.39 is 5.97 Å². The van der Waals surface area contributed by atoms with E-state index in [2.05, 4.69) is 13.8 Å². The van der Waals surface area contributed by atoms with Crippen molar-refractivity contribution in [1.82, 2.24) is 0 Å². The van der Waals surface area contributed by atoms with Crippen LogP contribution in [-0.2, 0) is 14.3 Å². The summed E-state index contributed by atoms with van der Waals surface area (Å²) >= 11 is 0. The van der Waals surface area contributed by atoms with Gasteiger partial charge in [0.1, 0.15) is 0 Å². The summed E-state index contributed by atoms with van der Waals surface area (Å²) in [6, 6.07) is 0. The second-order valence-electron chi connectivity index (χ2n) is 8.23. The van der Waals surface area contributed by atoms with Gasteiger partial charge < -0.3 is 14.6 Å². The summed E-state index contributed by atoms with van der Waals surface area (Å²) in [7, 11) is 0. The minimum absolute atomic E-state index is 0.131. The Morgan fingerprint density at radius 1 is 0.741 bits per heavy atom. The molecule has 160 valence electrons.